The van der Waals surface area contributed by atoms with Crippen molar-refractivity contribution in [3.8, 4) is 0 Å². The fourth-order valence-electron chi connectivity index (χ4n) is 3.27. The molecular formula is C17H16B2ClN5O8S2. The van der Waals surface area contributed by atoms with E-state index in [0.29, 0.717) is 5.01 Å². The normalized spacial score (nSPS) is 22.6. The van der Waals surface area contributed by atoms with Crippen LogP contribution in [0.1, 0.15) is 24.2 Å². The van der Waals surface area contributed by atoms with E-state index >= 15 is 0 Å². The molecule has 0 aromatic carbocycles. The number of carbonyl (C=O) groups excluding carboxylic acids is 4. The predicted octanol–water partition coefficient (Wildman–Crippen LogP) is -1.49. The highest BCUT2D eigenvalue weighted by molar-refractivity contribution is 7.86. The van der Waals surface area contributed by atoms with E-state index in [4.69, 9.17) is 32.5 Å². The van der Waals surface area contributed by atoms with Crippen molar-refractivity contribution in [2.45, 2.75) is 37.8 Å². The fraction of sp³-hybridized carbons (Fsp3) is 0.471. The van der Waals surface area contributed by atoms with Crippen LogP contribution in [0.3, 0.4) is 0 Å². The van der Waals surface area contributed by atoms with Crippen LogP contribution < -0.4 is 5.32 Å². The highest BCUT2D eigenvalue weighted by Crippen LogP contribution is 2.35. The monoisotopic (exact) mass is 539 g/mol. The molecule has 3 heterocycles. The third-order valence-electron chi connectivity index (χ3n) is 4.93. The lowest BCUT2D eigenvalue weighted by Crippen LogP contribution is -2.74. The first kappa shape index (κ1) is 26.8. The van der Waals surface area contributed by atoms with Crippen LogP contribution >= 0.6 is 23.1 Å². The molecule has 13 nitrogen and oxygen atoms in total. The van der Waals surface area contributed by atoms with Crippen molar-refractivity contribution in [2.24, 2.45) is 5.16 Å². The molecule has 1 aromatic heterocycles. The van der Waals surface area contributed by atoms with E-state index in [0.717, 1.165) is 16.4 Å². The maximum absolute atomic E-state index is 13.1. The average molecular weight is 540 g/mol. The number of rotatable bonds is 9. The molecule has 2 aliphatic heterocycles. The van der Waals surface area contributed by atoms with E-state index in [-0.39, 0.29) is 35.1 Å². The van der Waals surface area contributed by atoms with Gasteiger partial charge in [0.1, 0.15) is 22.1 Å². The van der Waals surface area contributed by atoms with Gasteiger partial charge in [0.05, 0.1) is 16.6 Å². The Kier molecular flexibility index (Phi) is 8.66. The van der Waals surface area contributed by atoms with Crippen LogP contribution in [0.2, 0.25) is 0 Å². The molecule has 1 saturated heterocycles. The van der Waals surface area contributed by atoms with Crippen LogP contribution in [0.5, 0.6) is 0 Å². The number of hydrogen-bond acceptors (Lipinski definition) is 12. The minimum Gasteiger partial charge on any atom is -0.541 e. The summed E-state index contributed by atoms with van der Waals surface area (Å²) in [5.41, 5.74) is -0.461. The number of hydrogen-bond donors (Lipinski definition) is 1. The molecule has 0 saturated carbocycles. The Balaban J connectivity index is 1.87. The van der Waals surface area contributed by atoms with Gasteiger partial charge in [-0.05, 0) is 30.5 Å². The number of halogens is 1. The number of β-lactam (4-membered cyclic amide) rings is 1. The summed E-state index contributed by atoms with van der Waals surface area (Å²) in [5, 5.41) is 5.52. The number of oxime groups is 1. The number of fused-ring (bicyclic) bond motifs is 1. The third-order valence-corrected chi connectivity index (χ3v) is 7.53. The lowest BCUT2D eigenvalue weighted by atomic mass is 10.0. The van der Waals surface area contributed by atoms with Crippen LogP contribution in [0.25, 0.3) is 0 Å². The molecule has 4 atom stereocenters. The van der Waals surface area contributed by atoms with Crippen LogP contribution in [0, 0.1) is 6.92 Å². The molecule has 1 fully saturated rings. The molecule has 3 rings (SSSR count). The Morgan fingerprint density at radius 3 is 2.63 bits per heavy atom. The summed E-state index contributed by atoms with van der Waals surface area (Å²) < 4.78 is 25.1. The Hall–Kier alpha value is -2.78. The van der Waals surface area contributed by atoms with Gasteiger partial charge in [0.25, 0.3) is 11.8 Å². The van der Waals surface area contributed by atoms with Crippen molar-refractivity contribution >= 4 is 79.5 Å². The van der Waals surface area contributed by atoms with Crippen molar-refractivity contribution in [3.63, 3.8) is 0 Å². The van der Waals surface area contributed by atoms with E-state index in [2.05, 4.69) is 29.1 Å². The predicted molar refractivity (Wildman–Crippen MR) is 123 cm³/mol. The number of carbonyl (C=O) groups is 4. The second kappa shape index (κ2) is 11.3. The van der Waals surface area contributed by atoms with Gasteiger partial charge in [-0.3, -0.25) is 18.7 Å². The van der Waals surface area contributed by atoms with E-state index in [9.17, 15) is 23.4 Å². The standard InChI is InChI=1S/C17H16B2ClN5O8S2/c1-3-8(16(28)31-18)33-23-9(12-21-6(2)34-24-12)13(26)22-10-14(27)25-11(17(29)32-19)7(4-20)5-35(30)15(10)25/h8,10,15H,3-5H2,1-2H3,(H,22,26)/b23-9-/t8-,10+,15+,35?/m0/s1. The highest BCUT2D eigenvalue weighted by atomic mass is 35.5. The molecule has 2 aliphatic rings. The van der Waals surface area contributed by atoms with Crippen molar-refractivity contribution in [3.05, 3.63) is 22.1 Å². The summed E-state index contributed by atoms with van der Waals surface area (Å²) in [6.45, 7) is 3.23. The van der Waals surface area contributed by atoms with E-state index in [1.807, 2.05) is 0 Å². The molecule has 1 aromatic rings. The Labute approximate surface area is 213 Å². The maximum Gasteiger partial charge on any atom is 0.378 e. The van der Waals surface area contributed by atoms with Crippen molar-refractivity contribution in [2.75, 3.05) is 11.6 Å². The lowest BCUT2D eigenvalue weighted by molar-refractivity contribution is -0.149. The third kappa shape index (κ3) is 5.26. The topological polar surface area (TPSA) is 166 Å². The number of nitrogens with one attached hydrogen (secondary N) is 1. The van der Waals surface area contributed by atoms with Crippen LogP contribution in [-0.4, -0.2) is 93.2 Å². The van der Waals surface area contributed by atoms with Gasteiger partial charge in [0, 0.05) is 5.88 Å². The second-order valence-corrected chi connectivity index (χ2v) is 9.84. The Morgan fingerprint density at radius 1 is 1.37 bits per heavy atom. The number of amides is 2. The van der Waals surface area contributed by atoms with Gasteiger partial charge in [-0.1, -0.05) is 12.1 Å². The molecule has 0 spiro atoms. The molecule has 1 unspecified atom stereocenters. The zero-order chi connectivity index (χ0) is 25.9. The molecule has 0 bridgehead atoms. The minimum absolute atomic E-state index is 0.115. The average Bonchev–Trinajstić information content (AvgIpc) is 3.28. The molecular weight excluding hydrogens is 523 g/mol. The largest absolute Gasteiger partial charge is 0.541 e. The van der Waals surface area contributed by atoms with Gasteiger partial charge in [0.15, 0.2) is 0 Å². The van der Waals surface area contributed by atoms with Gasteiger partial charge in [0.2, 0.25) is 17.6 Å². The van der Waals surface area contributed by atoms with Gasteiger partial charge in [-0.25, -0.2) is 14.6 Å². The summed E-state index contributed by atoms with van der Waals surface area (Å²) in [6.07, 6.45) is -1.11. The van der Waals surface area contributed by atoms with E-state index in [1.54, 1.807) is 13.8 Å². The quantitative estimate of drug-likeness (QED) is 0.128. The van der Waals surface area contributed by atoms with Crippen LogP contribution in [0.4, 0.5) is 0 Å². The summed E-state index contributed by atoms with van der Waals surface area (Å²) in [5.74, 6) is -4.12. The molecule has 2 amide bonds. The zero-order valence-electron chi connectivity index (χ0n) is 18.3. The van der Waals surface area contributed by atoms with Crippen molar-refractivity contribution in [1.29, 1.82) is 0 Å². The summed E-state index contributed by atoms with van der Waals surface area (Å²) in [6, 6.07) is -1.29. The molecule has 0 aliphatic carbocycles. The number of alkyl halides is 1. The van der Waals surface area contributed by atoms with Gasteiger partial charge < -0.3 is 19.5 Å². The first-order chi connectivity index (χ1) is 16.7. The maximum atomic E-state index is 13.1. The molecule has 4 radical (unpaired) electrons. The lowest BCUT2D eigenvalue weighted by Gasteiger charge is -2.49. The highest BCUT2D eigenvalue weighted by Gasteiger charge is 2.57. The zero-order valence-corrected chi connectivity index (χ0v) is 20.6. The summed E-state index contributed by atoms with van der Waals surface area (Å²) in [4.78, 5) is 59.8. The molecule has 1 N–H and O–H groups in total. The SMILES string of the molecule is [B]OC(=O)C1=C(CCl)CS(=O)[C@@H]2[C@H](NC(=O)/C(=N\O[C@@H](CC)C(=O)O[B])c3nsc(C)n3)C(=O)N12. The fourth-order valence-corrected chi connectivity index (χ4v) is 5.76. The smallest absolute Gasteiger partial charge is 0.378 e. The Bertz CT molecular complexity index is 1150. The van der Waals surface area contributed by atoms with Gasteiger partial charge >= 0.3 is 28.0 Å². The Morgan fingerprint density at radius 2 is 2.09 bits per heavy atom. The summed E-state index contributed by atoms with van der Waals surface area (Å²) in [7, 11) is 8.12. The van der Waals surface area contributed by atoms with Crippen molar-refractivity contribution < 1.29 is 37.5 Å². The second-order valence-electron chi connectivity index (χ2n) is 7.08. The van der Waals surface area contributed by atoms with E-state index in [1.165, 1.54) is 0 Å². The van der Waals surface area contributed by atoms with Crippen molar-refractivity contribution in [1.82, 2.24) is 19.6 Å². The number of aryl methyl sites for hydroxylation is 1. The van der Waals surface area contributed by atoms with E-state index < -0.39 is 57.8 Å². The molecule has 35 heavy (non-hydrogen) atoms. The summed E-state index contributed by atoms with van der Waals surface area (Å²) >= 11 is 6.80. The number of nitrogens with zero attached hydrogens (tertiary/aromatic N) is 4. The first-order valence-corrected chi connectivity index (χ1v) is 12.5. The van der Waals surface area contributed by atoms with Crippen LogP contribution in [-0.2, 0) is 44.1 Å². The number of aromatic nitrogens is 2. The molecule has 18 heteroatoms. The van der Waals surface area contributed by atoms with Crippen LogP contribution in [0.15, 0.2) is 16.4 Å². The van der Waals surface area contributed by atoms with Gasteiger partial charge in [-0.2, -0.15) is 4.37 Å². The van der Waals surface area contributed by atoms with Gasteiger partial charge in [-0.15, -0.1) is 11.6 Å². The minimum atomic E-state index is -1.71. The first-order valence-electron chi connectivity index (χ1n) is 9.83. The molecule has 182 valence electrons.